The van der Waals surface area contributed by atoms with Crippen LogP contribution in [-0.4, -0.2) is 19.9 Å². The first-order chi connectivity index (χ1) is 13.6. The lowest BCUT2D eigenvalue weighted by Crippen LogP contribution is -2.05. The predicted molar refractivity (Wildman–Crippen MR) is 111 cm³/mol. The van der Waals surface area contributed by atoms with Gasteiger partial charge in [-0.15, -0.1) is 0 Å². The van der Waals surface area contributed by atoms with E-state index >= 15 is 0 Å². The van der Waals surface area contributed by atoms with E-state index in [9.17, 15) is 10.1 Å². The van der Waals surface area contributed by atoms with Gasteiger partial charge in [0.15, 0.2) is 0 Å². The van der Waals surface area contributed by atoms with E-state index in [4.69, 9.17) is 0 Å². The van der Waals surface area contributed by atoms with E-state index in [2.05, 4.69) is 41.5 Å². The summed E-state index contributed by atoms with van der Waals surface area (Å²) in [5, 5.41) is 18.6. The van der Waals surface area contributed by atoms with Crippen molar-refractivity contribution >= 4 is 55.5 Å². The summed E-state index contributed by atoms with van der Waals surface area (Å²) in [5.74, 6) is 0.188. The molecule has 0 aliphatic carbocycles. The molecular formula is C19H13BrN6O2. The van der Waals surface area contributed by atoms with Crippen molar-refractivity contribution in [3.05, 3.63) is 81.7 Å². The van der Waals surface area contributed by atoms with Gasteiger partial charge in [0, 0.05) is 27.4 Å². The highest BCUT2D eigenvalue weighted by Crippen LogP contribution is 2.34. The number of fused-ring (bicyclic) bond motifs is 1. The zero-order valence-corrected chi connectivity index (χ0v) is 15.9. The third kappa shape index (κ3) is 3.60. The van der Waals surface area contributed by atoms with Gasteiger partial charge >= 0.3 is 5.69 Å². The maximum atomic E-state index is 11.8. The number of benzene rings is 2. The summed E-state index contributed by atoms with van der Waals surface area (Å²) in [6, 6.07) is 16.5. The van der Waals surface area contributed by atoms with Crippen molar-refractivity contribution in [2.24, 2.45) is 0 Å². The quantitative estimate of drug-likeness (QED) is 0.327. The lowest BCUT2D eigenvalue weighted by Gasteiger charge is -2.11. The van der Waals surface area contributed by atoms with Gasteiger partial charge in [0.1, 0.15) is 6.33 Å². The second-order valence-electron chi connectivity index (χ2n) is 5.81. The third-order valence-electron chi connectivity index (χ3n) is 3.99. The van der Waals surface area contributed by atoms with Crippen molar-refractivity contribution < 1.29 is 4.92 Å². The van der Waals surface area contributed by atoms with Gasteiger partial charge in [-0.05, 0) is 42.5 Å². The Bertz CT molecular complexity index is 1180. The Morgan fingerprint density at radius 1 is 0.929 bits per heavy atom. The molecular weight excluding hydrogens is 424 g/mol. The number of pyridine rings is 1. The number of anilines is 4. The smallest absolute Gasteiger partial charge is 0.334 e. The Balaban J connectivity index is 1.76. The highest BCUT2D eigenvalue weighted by atomic mass is 79.9. The predicted octanol–water partition coefficient (Wildman–Crippen LogP) is 5.18. The average Bonchev–Trinajstić information content (AvgIpc) is 2.68. The Morgan fingerprint density at radius 2 is 1.71 bits per heavy atom. The van der Waals surface area contributed by atoms with E-state index in [1.165, 1.54) is 6.33 Å². The minimum Gasteiger partial charge on any atom is -0.334 e. The van der Waals surface area contributed by atoms with Crippen molar-refractivity contribution in [2.75, 3.05) is 10.6 Å². The van der Waals surface area contributed by atoms with Crippen LogP contribution in [0, 0.1) is 10.1 Å². The van der Waals surface area contributed by atoms with Crippen LogP contribution >= 0.6 is 15.9 Å². The number of hydrogen-bond donors (Lipinski definition) is 2. The van der Waals surface area contributed by atoms with Gasteiger partial charge < -0.3 is 10.6 Å². The molecule has 0 saturated carbocycles. The van der Waals surface area contributed by atoms with Crippen LogP contribution in [-0.2, 0) is 0 Å². The van der Waals surface area contributed by atoms with Crippen LogP contribution < -0.4 is 10.6 Å². The second-order valence-corrected chi connectivity index (χ2v) is 6.73. The molecule has 0 fully saturated rings. The minimum absolute atomic E-state index is 0.0915. The van der Waals surface area contributed by atoms with Crippen molar-refractivity contribution in [3.8, 4) is 0 Å². The van der Waals surface area contributed by atoms with Crippen molar-refractivity contribution in [2.45, 2.75) is 0 Å². The second kappa shape index (κ2) is 7.57. The first-order valence-electron chi connectivity index (χ1n) is 8.24. The van der Waals surface area contributed by atoms with Crippen LogP contribution in [0.15, 0.2) is 71.6 Å². The first kappa shape index (κ1) is 17.8. The molecule has 4 aromatic rings. The summed E-state index contributed by atoms with van der Waals surface area (Å²) in [4.78, 5) is 23.7. The van der Waals surface area contributed by atoms with E-state index < -0.39 is 4.92 Å². The van der Waals surface area contributed by atoms with E-state index in [1.807, 2.05) is 42.5 Å². The standard InChI is InChI=1S/C19H13BrN6O2/c20-12-4-1-5-13(10-12)24-18-17(26(27)28)19(23-11-22-18)25-16-8-2-7-15-14(16)6-3-9-21-15/h1-11H,(H2,22,23,24,25). The topological polar surface area (TPSA) is 106 Å². The summed E-state index contributed by atoms with van der Waals surface area (Å²) in [5.41, 5.74) is 1.86. The van der Waals surface area contributed by atoms with Crippen LogP contribution in [0.2, 0.25) is 0 Å². The molecule has 0 aliphatic heterocycles. The van der Waals surface area contributed by atoms with Crippen LogP contribution in [0.3, 0.4) is 0 Å². The van der Waals surface area contributed by atoms with Gasteiger partial charge in [0.05, 0.1) is 10.4 Å². The zero-order valence-electron chi connectivity index (χ0n) is 14.3. The summed E-state index contributed by atoms with van der Waals surface area (Å²) in [6.45, 7) is 0. The summed E-state index contributed by atoms with van der Waals surface area (Å²) in [6.07, 6.45) is 2.97. The zero-order chi connectivity index (χ0) is 19.5. The SMILES string of the molecule is O=[N+]([O-])c1c(Nc2cccc(Br)c2)ncnc1Nc1cccc2ncccc12. The largest absolute Gasteiger partial charge is 0.353 e. The molecule has 9 heteroatoms. The maximum Gasteiger partial charge on any atom is 0.353 e. The third-order valence-corrected chi connectivity index (χ3v) is 4.48. The molecule has 0 amide bonds. The molecule has 0 unspecified atom stereocenters. The van der Waals surface area contributed by atoms with Crippen molar-refractivity contribution in [3.63, 3.8) is 0 Å². The summed E-state index contributed by atoms with van der Waals surface area (Å²) >= 11 is 3.38. The molecule has 2 N–H and O–H groups in total. The molecule has 28 heavy (non-hydrogen) atoms. The van der Waals surface area contributed by atoms with E-state index in [0.717, 1.165) is 15.4 Å². The number of rotatable bonds is 5. The van der Waals surface area contributed by atoms with Crippen LogP contribution in [0.25, 0.3) is 10.9 Å². The fraction of sp³-hybridized carbons (Fsp3) is 0. The van der Waals surface area contributed by atoms with Crippen molar-refractivity contribution in [1.29, 1.82) is 0 Å². The van der Waals surface area contributed by atoms with Gasteiger partial charge in [-0.1, -0.05) is 28.1 Å². The number of nitro groups is 1. The molecule has 2 aromatic carbocycles. The molecule has 8 nitrogen and oxygen atoms in total. The van der Waals surface area contributed by atoms with Crippen LogP contribution in [0.1, 0.15) is 0 Å². The molecule has 138 valence electrons. The van der Waals surface area contributed by atoms with Crippen LogP contribution in [0.4, 0.5) is 28.7 Å². The molecule has 2 aromatic heterocycles. The molecule has 4 rings (SSSR count). The highest BCUT2D eigenvalue weighted by molar-refractivity contribution is 9.10. The molecule has 0 spiro atoms. The molecule has 2 heterocycles. The Morgan fingerprint density at radius 3 is 2.50 bits per heavy atom. The van der Waals surface area contributed by atoms with Gasteiger partial charge in [0.25, 0.3) is 0 Å². The fourth-order valence-electron chi connectivity index (χ4n) is 2.78. The Labute approximate surface area is 168 Å². The van der Waals surface area contributed by atoms with E-state index in [-0.39, 0.29) is 17.3 Å². The highest BCUT2D eigenvalue weighted by Gasteiger charge is 2.23. The number of hydrogen-bond acceptors (Lipinski definition) is 7. The number of aromatic nitrogens is 3. The summed E-state index contributed by atoms with van der Waals surface area (Å²) < 4.78 is 0.843. The molecule has 0 bridgehead atoms. The van der Waals surface area contributed by atoms with Gasteiger partial charge in [0.2, 0.25) is 11.6 Å². The molecule has 0 saturated heterocycles. The van der Waals surface area contributed by atoms with Gasteiger partial charge in [-0.3, -0.25) is 15.1 Å². The Kier molecular flexibility index (Phi) is 4.81. The van der Waals surface area contributed by atoms with Crippen molar-refractivity contribution in [1.82, 2.24) is 15.0 Å². The monoisotopic (exact) mass is 436 g/mol. The molecule has 0 atom stereocenters. The Hall–Kier alpha value is -3.59. The maximum absolute atomic E-state index is 11.8. The summed E-state index contributed by atoms with van der Waals surface area (Å²) in [7, 11) is 0. The van der Waals surface area contributed by atoms with Gasteiger partial charge in [-0.25, -0.2) is 9.97 Å². The van der Waals surface area contributed by atoms with Gasteiger partial charge in [-0.2, -0.15) is 0 Å². The first-order valence-corrected chi connectivity index (χ1v) is 9.04. The molecule has 0 radical (unpaired) electrons. The number of nitrogens with one attached hydrogen (secondary N) is 2. The lowest BCUT2D eigenvalue weighted by molar-refractivity contribution is -0.383. The average molecular weight is 437 g/mol. The lowest BCUT2D eigenvalue weighted by atomic mass is 10.2. The number of nitrogens with zero attached hydrogens (tertiary/aromatic N) is 4. The fourth-order valence-corrected chi connectivity index (χ4v) is 3.18. The molecule has 0 aliphatic rings. The number of halogens is 1. The van der Waals surface area contributed by atoms with Crippen LogP contribution in [0.5, 0.6) is 0 Å². The minimum atomic E-state index is -0.508. The normalized spacial score (nSPS) is 10.6. The van der Waals surface area contributed by atoms with E-state index in [0.29, 0.717) is 11.4 Å². The van der Waals surface area contributed by atoms with E-state index in [1.54, 1.807) is 18.3 Å².